The molecule has 0 aliphatic rings. The van der Waals surface area contributed by atoms with Crippen molar-refractivity contribution in [3.63, 3.8) is 0 Å². The van der Waals surface area contributed by atoms with Crippen LogP contribution < -0.4 is 0 Å². The molecule has 0 aromatic heterocycles. The Balaban J connectivity index is -0.000000180. The molecule has 0 amide bonds. The second-order valence-electron chi connectivity index (χ2n) is 2.50. The average Bonchev–Trinajstić information content (AvgIpc) is 2.21. The largest absolute Gasteiger partial charge is 2.00 e. The second-order valence-corrected chi connectivity index (χ2v) is 2.50. The predicted octanol–water partition coefficient (Wildman–Crippen LogP) is 4.66. The van der Waals surface area contributed by atoms with Gasteiger partial charge in [0.1, 0.15) is 0 Å². The summed E-state index contributed by atoms with van der Waals surface area (Å²) in [6.07, 6.45) is 19.9. The van der Waals surface area contributed by atoms with Crippen LogP contribution in [-0.4, -0.2) is 0 Å². The normalized spacial score (nSPS) is 10.9. The van der Waals surface area contributed by atoms with E-state index >= 15 is 0 Å². The van der Waals surface area contributed by atoms with Gasteiger partial charge in [-0.25, -0.2) is 24.3 Å². The topological polar surface area (TPSA) is 0 Å². The van der Waals surface area contributed by atoms with Crippen LogP contribution in [0.2, 0.25) is 0 Å². The first-order chi connectivity index (χ1) is 6.83. The molecule has 15 heavy (non-hydrogen) atoms. The van der Waals surface area contributed by atoms with Crippen molar-refractivity contribution in [2.45, 2.75) is 40.5 Å². The first kappa shape index (κ1) is 19.9. The monoisotopic (exact) mass is 248 g/mol. The first-order valence-corrected chi connectivity index (χ1v) is 5.19. The second kappa shape index (κ2) is 23.3. The molecule has 88 valence electrons. The summed E-state index contributed by atoms with van der Waals surface area (Å²) in [5.41, 5.74) is 0. The van der Waals surface area contributed by atoms with Gasteiger partial charge >= 0.3 is 16.5 Å². The maximum Gasteiger partial charge on any atom is 2.00 e. The van der Waals surface area contributed by atoms with Gasteiger partial charge in [0.2, 0.25) is 0 Å². The molecular weight excluding hydrogens is 227 g/mol. The summed E-state index contributed by atoms with van der Waals surface area (Å²) < 4.78 is 0. The molecule has 0 atom stereocenters. The van der Waals surface area contributed by atoms with E-state index in [1.165, 1.54) is 0 Å². The summed E-state index contributed by atoms with van der Waals surface area (Å²) in [5.74, 6) is 0. The zero-order valence-corrected chi connectivity index (χ0v) is 11.2. The van der Waals surface area contributed by atoms with Crippen molar-refractivity contribution in [1.82, 2.24) is 0 Å². The van der Waals surface area contributed by atoms with E-state index in [0.29, 0.717) is 0 Å². The van der Waals surface area contributed by atoms with E-state index in [1.807, 2.05) is 50.3 Å². The van der Waals surface area contributed by atoms with Crippen LogP contribution in [0.25, 0.3) is 0 Å². The van der Waals surface area contributed by atoms with Gasteiger partial charge in [-0.2, -0.15) is 12.2 Å². The van der Waals surface area contributed by atoms with Crippen molar-refractivity contribution in [3.8, 4) is 0 Å². The van der Waals surface area contributed by atoms with E-state index in [4.69, 9.17) is 0 Å². The fourth-order valence-electron chi connectivity index (χ4n) is 0.564. The fraction of sp³-hybridized carbons (Fsp3) is 0.429. The minimum atomic E-state index is 0. The van der Waals surface area contributed by atoms with Crippen molar-refractivity contribution in [1.29, 1.82) is 0 Å². The Morgan fingerprint density at radius 3 is 1.33 bits per heavy atom. The minimum absolute atomic E-state index is 0. The van der Waals surface area contributed by atoms with Gasteiger partial charge in [0.05, 0.1) is 0 Å². The zero-order chi connectivity index (χ0) is 11.1. The van der Waals surface area contributed by atoms with Crippen LogP contribution >= 0.6 is 0 Å². The van der Waals surface area contributed by atoms with Crippen molar-refractivity contribution in [3.05, 3.63) is 48.6 Å². The van der Waals surface area contributed by atoms with Crippen molar-refractivity contribution >= 4 is 0 Å². The van der Waals surface area contributed by atoms with Crippen LogP contribution in [0.1, 0.15) is 40.5 Å². The third-order valence-corrected chi connectivity index (χ3v) is 1.22. The summed E-state index contributed by atoms with van der Waals surface area (Å²) in [6, 6.07) is 0. The van der Waals surface area contributed by atoms with Crippen LogP contribution in [0.3, 0.4) is 0 Å². The Morgan fingerprint density at radius 1 is 0.800 bits per heavy atom. The van der Waals surface area contributed by atoms with E-state index in [2.05, 4.69) is 26.0 Å². The smallest absolute Gasteiger partial charge is 0.276 e. The number of rotatable bonds is 4. The van der Waals surface area contributed by atoms with Crippen molar-refractivity contribution in [2.24, 2.45) is 0 Å². The standard InChI is InChI=1S/2C7H11.Ni/c2*1-3-5-7-6-4-2;/h2*3,5,7H,4H2,1-2H3;/q2*-1;+2. The third kappa shape index (κ3) is 31.8. The Kier molecular flexibility index (Phi) is 31.0. The molecule has 0 bridgehead atoms. The number of allylic oxidation sites excluding steroid dienone is 8. The van der Waals surface area contributed by atoms with Gasteiger partial charge in [-0.3, -0.25) is 12.2 Å². The van der Waals surface area contributed by atoms with E-state index < -0.39 is 0 Å². The Morgan fingerprint density at radius 2 is 1.13 bits per heavy atom. The molecule has 0 unspecified atom stereocenters. The van der Waals surface area contributed by atoms with E-state index in [-0.39, 0.29) is 16.5 Å². The summed E-state index contributed by atoms with van der Waals surface area (Å²) in [7, 11) is 0. The Hall–Kier alpha value is -0.546. The molecular formula is C14H22Ni. The van der Waals surface area contributed by atoms with Gasteiger partial charge in [-0.15, -0.1) is 12.8 Å². The molecule has 0 aliphatic carbocycles. The molecule has 0 fully saturated rings. The van der Waals surface area contributed by atoms with Crippen LogP contribution in [0.4, 0.5) is 0 Å². The molecule has 0 saturated heterocycles. The van der Waals surface area contributed by atoms with Crippen molar-refractivity contribution in [2.75, 3.05) is 0 Å². The van der Waals surface area contributed by atoms with Gasteiger partial charge in [0.25, 0.3) is 0 Å². The quantitative estimate of drug-likeness (QED) is 0.386. The van der Waals surface area contributed by atoms with E-state index in [0.717, 1.165) is 12.8 Å². The van der Waals surface area contributed by atoms with Gasteiger partial charge < -0.3 is 0 Å². The summed E-state index contributed by atoms with van der Waals surface area (Å²) in [4.78, 5) is 0. The minimum Gasteiger partial charge on any atom is -0.276 e. The molecule has 0 N–H and O–H groups in total. The fourth-order valence-corrected chi connectivity index (χ4v) is 0.564. The predicted molar refractivity (Wildman–Crippen MR) is 65.8 cm³/mol. The van der Waals surface area contributed by atoms with Crippen LogP contribution in [-0.2, 0) is 16.5 Å². The van der Waals surface area contributed by atoms with Crippen LogP contribution in [0.5, 0.6) is 0 Å². The van der Waals surface area contributed by atoms with Crippen molar-refractivity contribution < 1.29 is 16.5 Å². The maximum absolute atomic E-state index is 3.04. The molecule has 0 rings (SSSR count). The zero-order valence-electron chi connectivity index (χ0n) is 10.2. The molecule has 0 nitrogen and oxygen atoms in total. The molecule has 0 saturated carbocycles. The Labute approximate surface area is 106 Å². The summed E-state index contributed by atoms with van der Waals surface area (Å²) >= 11 is 0. The molecule has 0 aromatic carbocycles. The molecule has 0 spiro atoms. The first-order valence-electron chi connectivity index (χ1n) is 5.19. The molecule has 0 radical (unpaired) electrons. The molecule has 0 aliphatic heterocycles. The van der Waals surface area contributed by atoms with E-state index in [1.54, 1.807) is 0 Å². The molecule has 1 heteroatoms. The third-order valence-electron chi connectivity index (χ3n) is 1.22. The average molecular weight is 249 g/mol. The van der Waals surface area contributed by atoms with Gasteiger partial charge in [-0.05, 0) is 0 Å². The molecule has 0 heterocycles. The molecule has 0 aromatic rings. The summed E-state index contributed by atoms with van der Waals surface area (Å²) in [5, 5.41) is 0. The van der Waals surface area contributed by atoms with Crippen LogP contribution in [0.15, 0.2) is 36.5 Å². The maximum atomic E-state index is 3.04. The number of hydrogen-bond acceptors (Lipinski definition) is 0. The SMILES string of the molecule is CC=CC=[C-]CC.CC=CC=[C-]CC.[Ni+2]. The van der Waals surface area contributed by atoms with Crippen LogP contribution in [0, 0.1) is 12.2 Å². The van der Waals surface area contributed by atoms with E-state index in [9.17, 15) is 0 Å². The Bertz CT molecular complexity index is 164. The van der Waals surface area contributed by atoms with Gasteiger partial charge in [0, 0.05) is 0 Å². The summed E-state index contributed by atoms with van der Waals surface area (Å²) in [6.45, 7) is 8.13. The van der Waals surface area contributed by atoms with Gasteiger partial charge in [0.15, 0.2) is 0 Å². The number of hydrogen-bond donors (Lipinski definition) is 0. The van der Waals surface area contributed by atoms with Gasteiger partial charge in [-0.1, -0.05) is 27.7 Å².